The average Bonchev–Trinajstić information content (AvgIpc) is 2.23. The first-order chi connectivity index (χ1) is 7.54. The fraction of sp³-hybridized carbons (Fsp3) is 0.500. The molecule has 0 heterocycles. The number of hydrogen-bond acceptors (Lipinski definition) is 1. The first-order valence-corrected chi connectivity index (χ1v) is 5.92. The zero-order valence-corrected chi connectivity index (χ0v) is 10.6. The van der Waals surface area contributed by atoms with Crippen LogP contribution in [-0.2, 0) is 4.79 Å². The van der Waals surface area contributed by atoms with E-state index in [4.69, 9.17) is 0 Å². The van der Waals surface area contributed by atoms with Crippen molar-refractivity contribution in [3.05, 3.63) is 29.3 Å². The second kappa shape index (κ2) is 5.69. The maximum Gasteiger partial charge on any atom is 0.227 e. The minimum atomic E-state index is 0.0879. The second-order valence-electron chi connectivity index (χ2n) is 4.50. The third-order valence-corrected chi connectivity index (χ3v) is 2.82. The molecule has 1 rings (SSSR count). The zero-order valence-electron chi connectivity index (χ0n) is 10.6. The summed E-state index contributed by atoms with van der Waals surface area (Å²) in [5.74, 6) is 0.209. The maximum atomic E-state index is 11.9. The molecule has 0 saturated heterocycles. The van der Waals surface area contributed by atoms with Gasteiger partial charge in [0.15, 0.2) is 0 Å². The number of benzene rings is 1. The van der Waals surface area contributed by atoms with Crippen molar-refractivity contribution in [1.29, 1.82) is 0 Å². The fourth-order valence-corrected chi connectivity index (χ4v) is 1.69. The Bertz CT molecular complexity index is 371. The van der Waals surface area contributed by atoms with Crippen molar-refractivity contribution >= 4 is 11.6 Å². The van der Waals surface area contributed by atoms with Crippen molar-refractivity contribution in [1.82, 2.24) is 0 Å². The predicted molar refractivity (Wildman–Crippen MR) is 68.6 cm³/mol. The summed E-state index contributed by atoms with van der Waals surface area (Å²) >= 11 is 0. The van der Waals surface area contributed by atoms with Crippen molar-refractivity contribution in [2.75, 3.05) is 5.32 Å². The lowest BCUT2D eigenvalue weighted by Gasteiger charge is -2.13. The van der Waals surface area contributed by atoms with E-state index in [1.807, 2.05) is 32.9 Å². The Kier molecular flexibility index (Phi) is 4.53. The molecule has 0 bridgehead atoms. The molecule has 0 aromatic heterocycles. The molecule has 0 aliphatic carbocycles. The van der Waals surface area contributed by atoms with Crippen LogP contribution in [0.25, 0.3) is 0 Å². The van der Waals surface area contributed by atoms with E-state index in [1.54, 1.807) is 0 Å². The highest BCUT2D eigenvalue weighted by molar-refractivity contribution is 5.93. The van der Waals surface area contributed by atoms with Gasteiger partial charge in [-0.1, -0.05) is 32.4 Å². The van der Waals surface area contributed by atoms with E-state index >= 15 is 0 Å². The molecule has 1 atom stereocenters. The van der Waals surface area contributed by atoms with Gasteiger partial charge in [0.25, 0.3) is 0 Å². The Morgan fingerprint density at radius 1 is 1.38 bits per heavy atom. The lowest BCUT2D eigenvalue weighted by Crippen LogP contribution is -2.20. The van der Waals surface area contributed by atoms with Gasteiger partial charge in [0.1, 0.15) is 0 Å². The summed E-state index contributed by atoms with van der Waals surface area (Å²) in [6.45, 7) is 8.12. The van der Waals surface area contributed by atoms with Crippen LogP contribution in [0.2, 0.25) is 0 Å². The van der Waals surface area contributed by atoms with Crippen LogP contribution in [0.3, 0.4) is 0 Å². The van der Waals surface area contributed by atoms with E-state index in [2.05, 4.69) is 18.3 Å². The molecule has 1 N–H and O–H groups in total. The minimum Gasteiger partial charge on any atom is -0.326 e. The van der Waals surface area contributed by atoms with Gasteiger partial charge in [0.05, 0.1) is 0 Å². The topological polar surface area (TPSA) is 29.1 Å². The molecule has 0 spiro atoms. The van der Waals surface area contributed by atoms with Gasteiger partial charge in [0, 0.05) is 11.6 Å². The van der Waals surface area contributed by atoms with E-state index in [9.17, 15) is 4.79 Å². The Hall–Kier alpha value is -1.31. The molecular weight excluding hydrogens is 198 g/mol. The molecule has 1 aromatic carbocycles. The van der Waals surface area contributed by atoms with E-state index in [0.29, 0.717) is 0 Å². The number of hydrogen-bond donors (Lipinski definition) is 1. The number of nitrogens with one attached hydrogen (secondary N) is 1. The van der Waals surface area contributed by atoms with Gasteiger partial charge in [-0.15, -0.1) is 0 Å². The molecule has 2 heteroatoms. The molecule has 0 saturated carbocycles. The number of rotatable bonds is 4. The Labute approximate surface area is 98.1 Å². The van der Waals surface area contributed by atoms with Crippen molar-refractivity contribution in [2.24, 2.45) is 5.92 Å². The molecule has 1 amide bonds. The van der Waals surface area contributed by atoms with Gasteiger partial charge >= 0.3 is 0 Å². The van der Waals surface area contributed by atoms with Crippen LogP contribution in [0, 0.1) is 19.8 Å². The van der Waals surface area contributed by atoms with Crippen molar-refractivity contribution in [3.63, 3.8) is 0 Å². The first kappa shape index (κ1) is 12.8. The number of anilines is 1. The largest absolute Gasteiger partial charge is 0.326 e. The van der Waals surface area contributed by atoms with Crippen LogP contribution in [0.5, 0.6) is 0 Å². The average molecular weight is 219 g/mol. The van der Waals surface area contributed by atoms with Crippen molar-refractivity contribution < 1.29 is 4.79 Å². The van der Waals surface area contributed by atoms with Crippen LogP contribution in [-0.4, -0.2) is 5.91 Å². The van der Waals surface area contributed by atoms with Crippen LogP contribution in [0.4, 0.5) is 5.69 Å². The van der Waals surface area contributed by atoms with E-state index in [-0.39, 0.29) is 11.8 Å². The van der Waals surface area contributed by atoms with Gasteiger partial charge in [-0.3, -0.25) is 4.79 Å². The molecule has 1 unspecified atom stereocenters. The molecule has 1 aromatic rings. The standard InChI is InChI=1S/C14H21NO/c1-5-6-12(4)14(16)15-13-9-10(2)7-8-11(13)3/h7-9,12H,5-6H2,1-4H3,(H,15,16). The summed E-state index contributed by atoms with van der Waals surface area (Å²) in [7, 11) is 0. The smallest absolute Gasteiger partial charge is 0.227 e. The number of amides is 1. The first-order valence-electron chi connectivity index (χ1n) is 5.92. The Morgan fingerprint density at radius 3 is 2.69 bits per heavy atom. The normalized spacial score (nSPS) is 12.2. The molecule has 0 radical (unpaired) electrons. The summed E-state index contributed by atoms with van der Waals surface area (Å²) in [6, 6.07) is 6.11. The highest BCUT2D eigenvalue weighted by atomic mass is 16.1. The summed E-state index contributed by atoms with van der Waals surface area (Å²) in [5.41, 5.74) is 3.22. The SMILES string of the molecule is CCCC(C)C(=O)Nc1cc(C)ccc1C. The summed E-state index contributed by atoms with van der Waals surface area (Å²) < 4.78 is 0. The Morgan fingerprint density at radius 2 is 2.06 bits per heavy atom. The third-order valence-electron chi connectivity index (χ3n) is 2.82. The van der Waals surface area contributed by atoms with Gasteiger partial charge in [-0.05, 0) is 37.5 Å². The number of carbonyl (C=O) groups excluding carboxylic acids is 1. The van der Waals surface area contributed by atoms with Crippen molar-refractivity contribution in [2.45, 2.75) is 40.5 Å². The third kappa shape index (κ3) is 3.37. The summed E-state index contributed by atoms with van der Waals surface area (Å²) in [4.78, 5) is 11.9. The molecule has 2 nitrogen and oxygen atoms in total. The van der Waals surface area contributed by atoms with Crippen molar-refractivity contribution in [3.8, 4) is 0 Å². The summed E-state index contributed by atoms with van der Waals surface area (Å²) in [6.07, 6.45) is 1.98. The quantitative estimate of drug-likeness (QED) is 0.822. The maximum absolute atomic E-state index is 11.9. The lowest BCUT2D eigenvalue weighted by molar-refractivity contribution is -0.119. The zero-order chi connectivity index (χ0) is 12.1. The molecular formula is C14H21NO. The van der Waals surface area contributed by atoms with E-state index < -0.39 is 0 Å². The molecule has 0 aliphatic heterocycles. The summed E-state index contributed by atoms with van der Waals surface area (Å²) in [5, 5.41) is 3.00. The van der Waals surface area contributed by atoms with Gasteiger partial charge in [-0.2, -0.15) is 0 Å². The Balaban J connectivity index is 2.72. The highest BCUT2D eigenvalue weighted by Gasteiger charge is 2.12. The predicted octanol–water partition coefficient (Wildman–Crippen LogP) is 3.68. The number of carbonyl (C=O) groups is 1. The van der Waals surface area contributed by atoms with Gasteiger partial charge in [0.2, 0.25) is 5.91 Å². The second-order valence-corrected chi connectivity index (χ2v) is 4.50. The monoisotopic (exact) mass is 219 g/mol. The van der Waals surface area contributed by atoms with Crippen LogP contribution < -0.4 is 5.32 Å². The van der Waals surface area contributed by atoms with Crippen LogP contribution >= 0.6 is 0 Å². The molecule has 88 valence electrons. The fourth-order valence-electron chi connectivity index (χ4n) is 1.69. The van der Waals surface area contributed by atoms with Crippen LogP contribution in [0.15, 0.2) is 18.2 Å². The van der Waals surface area contributed by atoms with E-state index in [1.165, 1.54) is 5.56 Å². The van der Waals surface area contributed by atoms with E-state index in [0.717, 1.165) is 24.1 Å². The lowest BCUT2D eigenvalue weighted by atomic mass is 10.0. The highest BCUT2D eigenvalue weighted by Crippen LogP contribution is 2.18. The van der Waals surface area contributed by atoms with Gasteiger partial charge in [-0.25, -0.2) is 0 Å². The number of aryl methyl sites for hydroxylation is 2. The van der Waals surface area contributed by atoms with Gasteiger partial charge < -0.3 is 5.32 Å². The molecule has 16 heavy (non-hydrogen) atoms. The molecule has 0 aliphatic rings. The van der Waals surface area contributed by atoms with Crippen LogP contribution in [0.1, 0.15) is 37.8 Å². The molecule has 0 fully saturated rings. The minimum absolute atomic E-state index is 0.0879.